The summed E-state index contributed by atoms with van der Waals surface area (Å²) in [6, 6.07) is 10.4. The highest BCUT2D eigenvalue weighted by Crippen LogP contribution is 2.35. The van der Waals surface area contributed by atoms with E-state index in [1.165, 1.54) is 55.7 Å². The van der Waals surface area contributed by atoms with Crippen LogP contribution in [0.5, 0.6) is 11.5 Å². The van der Waals surface area contributed by atoms with Gasteiger partial charge >= 0.3 is 0 Å². The summed E-state index contributed by atoms with van der Waals surface area (Å²) >= 11 is 0. The first-order valence-electron chi connectivity index (χ1n) is 10.6. The molecule has 0 fully saturated rings. The number of benzene rings is 2. The lowest BCUT2D eigenvalue weighted by Crippen LogP contribution is -2.45. The Morgan fingerprint density at radius 1 is 0.972 bits per heavy atom. The van der Waals surface area contributed by atoms with Crippen LogP contribution in [0.3, 0.4) is 0 Å². The summed E-state index contributed by atoms with van der Waals surface area (Å²) in [5.41, 5.74) is 0.512. The van der Waals surface area contributed by atoms with Gasteiger partial charge in [0.25, 0.3) is 10.0 Å². The predicted octanol–water partition coefficient (Wildman–Crippen LogP) is 1.84. The minimum atomic E-state index is -3.95. The molecule has 3 aromatic rings. The summed E-state index contributed by atoms with van der Waals surface area (Å²) < 4.78 is 64.5. The highest BCUT2D eigenvalue weighted by molar-refractivity contribution is 7.92. The molecule has 0 saturated carbocycles. The van der Waals surface area contributed by atoms with E-state index in [-0.39, 0.29) is 22.2 Å². The van der Waals surface area contributed by atoms with Crippen molar-refractivity contribution in [1.29, 1.82) is 0 Å². The lowest BCUT2D eigenvalue weighted by Gasteiger charge is -2.29. The van der Waals surface area contributed by atoms with Crippen LogP contribution >= 0.6 is 0 Å². The monoisotopic (exact) mass is 533 g/mol. The number of nitrogens with one attached hydrogen (secondary N) is 2. The van der Waals surface area contributed by atoms with Gasteiger partial charge in [0.1, 0.15) is 19.3 Å². The van der Waals surface area contributed by atoms with E-state index in [1.807, 2.05) is 0 Å². The largest absolute Gasteiger partial charge is 0.486 e. The standard InChI is InChI=1S/C22H23N5O7S2/c1-15(27(35(2,29)30)17-6-9-19-20(14-17)34-13-12-33-19)21(28)25-16-4-7-18(8-5-16)36(31,32)26-22-23-10-3-11-24-22/h3-11,14-15H,12-13H2,1-2H3,(H,25,28)(H,23,24,26)/t15-/m0/s1. The van der Waals surface area contributed by atoms with Crippen molar-refractivity contribution in [2.24, 2.45) is 0 Å². The number of hydrogen-bond donors (Lipinski definition) is 2. The molecule has 1 amide bonds. The molecule has 0 spiro atoms. The van der Waals surface area contributed by atoms with Crippen LogP contribution < -0.4 is 23.8 Å². The van der Waals surface area contributed by atoms with Gasteiger partial charge < -0.3 is 14.8 Å². The molecule has 2 N–H and O–H groups in total. The van der Waals surface area contributed by atoms with E-state index >= 15 is 0 Å². The normalized spacial score (nSPS) is 13.9. The van der Waals surface area contributed by atoms with Gasteiger partial charge in [0.15, 0.2) is 11.5 Å². The highest BCUT2D eigenvalue weighted by Gasteiger charge is 2.30. The molecule has 0 saturated heterocycles. The zero-order valence-corrected chi connectivity index (χ0v) is 20.9. The van der Waals surface area contributed by atoms with Crippen LogP contribution in [0, 0.1) is 0 Å². The Morgan fingerprint density at radius 3 is 2.25 bits per heavy atom. The maximum Gasteiger partial charge on any atom is 0.264 e. The van der Waals surface area contributed by atoms with E-state index in [1.54, 1.807) is 12.1 Å². The van der Waals surface area contributed by atoms with E-state index in [0.29, 0.717) is 24.7 Å². The molecule has 1 atom stereocenters. The van der Waals surface area contributed by atoms with Gasteiger partial charge in [-0.2, -0.15) is 0 Å². The SMILES string of the molecule is C[C@@H](C(=O)Nc1ccc(S(=O)(=O)Nc2ncccn2)cc1)N(c1ccc2c(c1)OCCO2)S(C)(=O)=O. The van der Waals surface area contributed by atoms with Crippen molar-refractivity contribution < 1.29 is 31.1 Å². The molecule has 4 rings (SSSR count). The van der Waals surface area contributed by atoms with E-state index in [4.69, 9.17) is 9.47 Å². The molecule has 0 bridgehead atoms. The summed E-state index contributed by atoms with van der Waals surface area (Å²) in [5.74, 6) is 0.163. The van der Waals surface area contributed by atoms with Crippen LogP contribution in [0.2, 0.25) is 0 Å². The number of nitrogens with zero attached hydrogens (tertiary/aromatic N) is 3. The van der Waals surface area contributed by atoms with Crippen LogP contribution in [0.25, 0.3) is 0 Å². The molecule has 1 aliphatic heterocycles. The van der Waals surface area contributed by atoms with Gasteiger partial charge in [-0.1, -0.05) is 0 Å². The minimum absolute atomic E-state index is 0.0740. The second-order valence-electron chi connectivity index (χ2n) is 7.75. The number of anilines is 3. The van der Waals surface area contributed by atoms with E-state index in [9.17, 15) is 21.6 Å². The van der Waals surface area contributed by atoms with Gasteiger partial charge in [0.2, 0.25) is 21.9 Å². The number of rotatable bonds is 8. The minimum Gasteiger partial charge on any atom is -0.486 e. The summed E-state index contributed by atoms with van der Waals surface area (Å²) in [6.45, 7) is 2.15. The van der Waals surface area contributed by atoms with Crippen molar-refractivity contribution in [3.8, 4) is 11.5 Å². The van der Waals surface area contributed by atoms with Gasteiger partial charge in [-0.3, -0.25) is 9.10 Å². The van der Waals surface area contributed by atoms with Crippen LogP contribution in [0.1, 0.15) is 6.92 Å². The predicted molar refractivity (Wildman–Crippen MR) is 132 cm³/mol. The molecular weight excluding hydrogens is 510 g/mol. The third-order valence-electron chi connectivity index (χ3n) is 5.09. The Hall–Kier alpha value is -3.91. The van der Waals surface area contributed by atoms with Crippen molar-refractivity contribution in [2.75, 3.05) is 33.8 Å². The number of amides is 1. The molecule has 1 aromatic heterocycles. The molecule has 12 nitrogen and oxygen atoms in total. The number of carbonyl (C=O) groups is 1. The smallest absolute Gasteiger partial charge is 0.264 e. The first kappa shape index (κ1) is 25.2. The van der Waals surface area contributed by atoms with Crippen molar-refractivity contribution in [2.45, 2.75) is 17.9 Å². The fourth-order valence-corrected chi connectivity index (χ4v) is 5.60. The van der Waals surface area contributed by atoms with Crippen LogP contribution in [-0.2, 0) is 24.8 Å². The molecule has 0 aliphatic carbocycles. The van der Waals surface area contributed by atoms with Crippen molar-refractivity contribution in [3.63, 3.8) is 0 Å². The Morgan fingerprint density at radius 2 is 1.61 bits per heavy atom. The Balaban J connectivity index is 1.50. The van der Waals surface area contributed by atoms with Gasteiger partial charge in [-0.15, -0.1) is 0 Å². The second-order valence-corrected chi connectivity index (χ2v) is 11.3. The number of hydrogen-bond acceptors (Lipinski definition) is 9. The van der Waals surface area contributed by atoms with Crippen LogP contribution in [-0.4, -0.2) is 58.2 Å². The van der Waals surface area contributed by atoms with E-state index < -0.39 is 32.0 Å². The van der Waals surface area contributed by atoms with Crippen LogP contribution in [0.4, 0.5) is 17.3 Å². The molecule has 1 aliphatic rings. The van der Waals surface area contributed by atoms with Gasteiger partial charge in [-0.05, 0) is 49.4 Å². The third-order valence-corrected chi connectivity index (χ3v) is 7.68. The van der Waals surface area contributed by atoms with Gasteiger partial charge in [0.05, 0.1) is 16.8 Å². The molecule has 0 unspecified atom stereocenters. The number of fused-ring (bicyclic) bond motifs is 1. The van der Waals surface area contributed by atoms with Crippen molar-refractivity contribution in [1.82, 2.24) is 9.97 Å². The van der Waals surface area contributed by atoms with E-state index in [0.717, 1.165) is 10.6 Å². The highest BCUT2D eigenvalue weighted by atomic mass is 32.2. The molecule has 0 radical (unpaired) electrons. The quantitative estimate of drug-likeness (QED) is 0.441. The summed E-state index contributed by atoms with van der Waals surface area (Å²) in [5, 5.41) is 2.61. The number of aromatic nitrogens is 2. The van der Waals surface area contributed by atoms with Crippen LogP contribution in [0.15, 0.2) is 65.8 Å². The second kappa shape index (κ2) is 9.99. The first-order chi connectivity index (χ1) is 17.0. The number of sulfonamides is 2. The fourth-order valence-electron chi connectivity index (χ4n) is 3.47. The van der Waals surface area contributed by atoms with Crippen molar-refractivity contribution >= 4 is 43.3 Å². The van der Waals surface area contributed by atoms with E-state index in [2.05, 4.69) is 20.0 Å². The topological polar surface area (TPSA) is 157 Å². The van der Waals surface area contributed by atoms with Gasteiger partial charge in [-0.25, -0.2) is 31.5 Å². The molecule has 190 valence electrons. The lowest BCUT2D eigenvalue weighted by molar-refractivity contribution is -0.116. The average molecular weight is 534 g/mol. The maximum absolute atomic E-state index is 13.0. The fraction of sp³-hybridized carbons (Fsp3) is 0.227. The van der Waals surface area contributed by atoms with Gasteiger partial charge in [0, 0.05) is 24.1 Å². The molecule has 14 heteroatoms. The Bertz CT molecular complexity index is 1460. The maximum atomic E-state index is 13.0. The summed E-state index contributed by atoms with van der Waals surface area (Å²) in [4.78, 5) is 20.5. The summed E-state index contributed by atoms with van der Waals surface area (Å²) in [6.07, 6.45) is 3.79. The first-order valence-corrected chi connectivity index (χ1v) is 14.0. The zero-order valence-electron chi connectivity index (χ0n) is 19.3. The Kier molecular flexibility index (Phi) is 6.99. The third kappa shape index (κ3) is 5.66. The number of carbonyl (C=O) groups excluding carboxylic acids is 1. The lowest BCUT2D eigenvalue weighted by atomic mass is 10.2. The summed E-state index contributed by atoms with van der Waals surface area (Å²) in [7, 11) is -7.81. The zero-order chi connectivity index (χ0) is 25.9. The molecule has 36 heavy (non-hydrogen) atoms. The molecule has 2 heterocycles. The molecular formula is C22H23N5O7S2. The molecule has 2 aromatic carbocycles. The van der Waals surface area contributed by atoms with Crippen molar-refractivity contribution in [3.05, 3.63) is 60.9 Å². The number of ether oxygens (including phenoxy) is 2. The Labute approximate surface area is 208 Å². The average Bonchev–Trinajstić information content (AvgIpc) is 2.84.